The number of piperazine rings is 1. The number of carbonyl (C=O) groups is 3. The average Bonchev–Trinajstić information content (AvgIpc) is 3.57. The van der Waals surface area contributed by atoms with E-state index in [1.165, 1.54) is 0 Å². The molecule has 3 N–H and O–H groups in total. The number of ether oxygens (including phenoxy) is 1. The standard InChI is InChI=1S/C38H35N7O4/c1-23-7-4-8-26(19-23)35(46)42-27-9-5-10-28(20-27)49-29-11-12-30-31(36(47)43-33(30)21-29)22-32-24(2)34(25(3)41-32)37(48)44-15-17-45(18-16-44)38-39-13-6-14-40-38/h4-14,19-22,41H,15-18H2,1-3H3,(H,42,46)(H,43,47)/b31-22-. The van der Waals surface area contributed by atoms with Crippen LogP contribution in [0, 0.1) is 20.8 Å². The number of carbonyl (C=O) groups excluding carboxylic acids is 3. The summed E-state index contributed by atoms with van der Waals surface area (Å²) in [5, 5.41) is 5.85. The van der Waals surface area contributed by atoms with E-state index in [4.69, 9.17) is 4.74 Å². The zero-order chi connectivity index (χ0) is 34.1. The highest BCUT2D eigenvalue weighted by atomic mass is 16.5. The summed E-state index contributed by atoms with van der Waals surface area (Å²) in [7, 11) is 0. The number of amides is 3. The average molecular weight is 654 g/mol. The number of anilines is 3. The lowest BCUT2D eigenvalue weighted by molar-refractivity contribution is -0.110. The first kappa shape index (κ1) is 31.4. The zero-order valence-electron chi connectivity index (χ0n) is 27.4. The Morgan fingerprint density at radius 2 is 1.63 bits per heavy atom. The summed E-state index contributed by atoms with van der Waals surface area (Å²) >= 11 is 0. The Morgan fingerprint density at radius 1 is 0.878 bits per heavy atom. The molecule has 11 heteroatoms. The summed E-state index contributed by atoms with van der Waals surface area (Å²) in [6.07, 6.45) is 5.23. The number of rotatable bonds is 7. The summed E-state index contributed by atoms with van der Waals surface area (Å²) < 4.78 is 6.11. The molecule has 246 valence electrons. The molecule has 0 bridgehead atoms. The third kappa shape index (κ3) is 6.51. The SMILES string of the molecule is Cc1cccc(C(=O)Nc2cccc(Oc3ccc4c(c3)NC(=O)/C4=C\c3[nH]c(C)c(C(=O)N4CCN(c5ncccn5)CC4)c3C)c2)c1. The van der Waals surface area contributed by atoms with E-state index in [1.54, 1.807) is 67.0 Å². The second-order valence-electron chi connectivity index (χ2n) is 12.2. The van der Waals surface area contributed by atoms with Crippen LogP contribution in [0.3, 0.4) is 0 Å². The molecule has 7 rings (SSSR count). The molecular weight excluding hydrogens is 618 g/mol. The molecule has 11 nitrogen and oxygen atoms in total. The van der Waals surface area contributed by atoms with Crippen molar-refractivity contribution < 1.29 is 19.1 Å². The molecule has 4 heterocycles. The van der Waals surface area contributed by atoms with Crippen LogP contribution in [0.2, 0.25) is 0 Å². The second kappa shape index (κ2) is 13.1. The van der Waals surface area contributed by atoms with Gasteiger partial charge in [-0.2, -0.15) is 0 Å². The third-order valence-electron chi connectivity index (χ3n) is 8.76. The van der Waals surface area contributed by atoms with Crippen molar-refractivity contribution in [2.75, 3.05) is 41.7 Å². The summed E-state index contributed by atoms with van der Waals surface area (Å²) in [5.41, 5.74) is 6.89. The molecule has 2 aromatic heterocycles. The minimum Gasteiger partial charge on any atom is -0.457 e. The highest BCUT2D eigenvalue weighted by Crippen LogP contribution is 2.38. The fourth-order valence-corrected chi connectivity index (χ4v) is 6.25. The number of hydrogen-bond donors (Lipinski definition) is 3. The molecule has 1 saturated heterocycles. The van der Waals surface area contributed by atoms with Gasteiger partial charge in [0.05, 0.1) is 16.8 Å². The van der Waals surface area contributed by atoms with Crippen LogP contribution >= 0.6 is 0 Å². The van der Waals surface area contributed by atoms with E-state index in [1.807, 2.05) is 49.9 Å². The summed E-state index contributed by atoms with van der Waals surface area (Å²) in [4.78, 5) is 55.5. The van der Waals surface area contributed by atoms with Gasteiger partial charge in [0, 0.05) is 78.9 Å². The maximum atomic E-state index is 13.7. The van der Waals surface area contributed by atoms with Crippen molar-refractivity contribution in [1.29, 1.82) is 0 Å². The Morgan fingerprint density at radius 3 is 2.41 bits per heavy atom. The van der Waals surface area contributed by atoms with Crippen LogP contribution < -0.4 is 20.3 Å². The van der Waals surface area contributed by atoms with Gasteiger partial charge in [-0.25, -0.2) is 9.97 Å². The first-order chi connectivity index (χ1) is 23.7. The van der Waals surface area contributed by atoms with Crippen LogP contribution in [-0.4, -0.2) is 63.8 Å². The number of aromatic nitrogens is 3. The van der Waals surface area contributed by atoms with Gasteiger partial charge in [0.15, 0.2) is 0 Å². The molecule has 0 atom stereocenters. The van der Waals surface area contributed by atoms with E-state index in [0.29, 0.717) is 77.4 Å². The van der Waals surface area contributed by atoms with E-state index in [9.17, 15) is 14.4 Å². The van der Waals surface area contributed by atoms with Gasteiger partial charge in [-0.1, -0.05) is 23.8 Å². The highest BCUT2D eigenvalue weighted by molar-refractivity contribution is 6.35. The van der Waals surface area contributed by atoms with Gasteiger partial charge in [0.25, 0.3) is 17.7 Å². The first-order valence-corrected chi connectivity index (χ1v) is 16.1. The summed E-state index contributed by atoms with van der Waals surface area (Å²) in [6, 6.07) is 21.7. The number of aromatic amines is 1. The molecule has 49 heavy (non-hydrogen) atoms. The molecule has 0 spiro atoms. The zero-order valence-corrected chi connectivity index (χ0v) is 27.4. The lowest BCUT2D eigenvalue weighted by atomic mass is 10.0. The predicted octanol–water partition coefficient (Wildman–Crippen LogP) is 6.23. The van der Waals surface area contributed by atoms with Gasteiger partial charge >= 0.3 is 0 Å². The van der Waals surface area contributed by atoms with Gasteiger partial charge in [0.1, 0.15) is 11.5 Å². The van der Waals surface area contributed by atoms with E-state index in [-0.39, 0.29) is 17.7 Å². The first-order valence-electron chi connectivity index (χ1n) is 16.1. The van der Waals surface area contributed by atoms with E-state index in [0.717, 1.165) is 22.4 Å². The molecule has 3 amide bonds. The van der Waals surface area contributed by atoms with Crippen molar-refractivity contribution in [1.82, 2.24) is 19.9 Å². The number of nitrogens with one attached hydrogen (secondary N) is 3. The van der Waals surface area contributed by atoms with E-state index < -0.39 is 0 Å². The molecule has 0 aliphatic carbocycles. The second-order valence-corrected chi connectivity index (χ2v) is 12.2. The molecule has 5 aromatic rings. The van der Waals surface area contributed by atoms with E-state index in [2.05, 4.69) is 30.5 Å². The van der Waals surface area contributed by atoms with Crippen LogP contribution in [-0.2, 0) is 4.79 Å². The highest BCUT2D eigenvalue weighted by Gasteiger charge is 2.29. The molecule has 0 unspecified atom stereocenters. The number of benzene rings is 3. The molecule has 0 radical (unpaired) electrons. The van der Waals surface area contributed by atoms with Crippen LogP contribution in [0.15, 0.2) is 85.2 Å². The van der Waals surface area contributed by atoms with Gasteiger partial charge in [-0.15, -0.1) is 0 Å². The third-order valence-corrected chi connectivity index (χ3v) is 8.76. The van der Waals surface area contributed by atoms with Gasteiger partial charge in [-0.05, 0) is 74.9 Å². The largest absolute Gasteiger partial charge is 0.457 e. The molecular formula is C38H35N7O4. The van der Waals surface area contributed by atoms with Crippen molar-refractivity contribution >= 4 is 46.7 Å². The van der Waals surface area contributed by atoms with Crippen molar-refractivity contribution in [2.24, 2.45) is 0 Å². The van der Waals surface area contributed by atoms with Crippen LogP contribution in [0.4, 0.5) is 17.3 Å². The maximum Gasteiger partial charge on any atom is 0.256 e. The minimum atomic E-state index is -0.244. The maximum absolute atomic E-state index is 13.7. The number of aryl methyl sites for hydroxylation is 2. The van der Waals surface area contributed by atoms with Crippen molar-refractivity contribution in [3.05, 3.63) is 124 Å². The Bertz CT molecular complexity index is 2110. The van der Waals surface area contributed by atoms with Crippen LogP contribution in [0.1, 0.15) is 48.8 Å². The fraction of sp³-hybridized carbons (Fsp3) is 0.184. The Balaban J connectivity index is 1.05. The molecule has 0 saturated carbocycles. The molecule has 1 fully saturated rings. The number of nitrogens with zero attached hydrogens (tertiary/aromatic N) is 4. The van der Waals surface area contributed by atoms with Crippen LogP contribution in [0.5, 0.6) is 11.5 Å². The normalized spacial score (nSPS) is 14.8. The van der Waals surface area contributed by atoms with Gasteiger partial charge in [0.2, 0.25) is 5.95 Å². The fourth-order valence-electron chi connectivity index (χ4n) is 6.25. The molecule has 2 aliphatic rings. The number of hydrogen-bond acceptors (Lipinski definition) is 7. The van der Waals surface area contributed by atoms with Gasteiger partial charge < -0.3 is 30.2 Å². The summed E-state index contributed by atoms with van der Waals surface area (Å²) in [6.45, 7) is 8.14. The van der Waals surface area contributed by atoms with Crippen molar-refractivity contribution in [3.8, 4) is 11.5 Å². The van der Waals surface area contributed by atoms with E-state index >= 15 is 0 Å². The van der Waals surface area contributed by atoms with Crippen molar-refractivity contribution in [2.45, 2.75) is 20.8 Å². The topological polar surface area (TPSA) is 133 Å². The molecule has 2 aliphatic heterocycles. The lowest BCUT2D eigenvalue weighted by Crippen LogP contribution is -2.49. The van der Waals surface area contributed by atoms with Crippen LogP contribution in [0.25, 0.3) is 11.6 Å². The lowest BCUT2D eigenvalue weighted by Gasteiger charge is -2.34. The summed E-state index contributed by atoms with van der Waals surface area (Å²) in [5.74, 6) is 1.24. The predicted molar refractivity (Wildman–Crippen MR) is 189 cm³/mol. The van der Waals surface area contributed by atoms with Gasteiger partial charge in [-0.3, -0.25) is 14.4 Å². The smallest absolute Gasteiger partial charge is 0.256 e. The Labute approximate surface area is 283 Å². The molecule has 3 aromatic carbocycles. The Kier molecular flexibility index (Phi) is 8.39. The van der Waals surface area contributed by atoms with Crippen molar-refractivity contribution in [3.63, 3.8) is 0 Å². The minimum absolute atomic E-state index is 0.0404. The Hall–Kier alpha value is -6.23. The quantitative estimate of drug-likeness (QED) is 0.178. The number of H-pyrrole nitrogens is 1. The monoisotopic (exact) mass is 653 g/mol. The number of fused-ring (bicyclic) bond motifs is 1.